The molecule has 0 aliphatic heterocycles. The van der Waals surface area contributed by atoms with E-state index in [0.29, 0.717) is 5.82 Å². The third-order valence-corrected chi connectivity index (χ3v) is 1.04. The highest BCUT2D eigenvalue weighted by Gasteiger charge is 1.92. The van der Waals surface area contributed by atoms with E-state index in [0.717, 1.165) is 5.56 Å². The van der Waals surface area contributed by atoms with Crippen LogP contribution in [0.4, 0.5) is 5.82 Å². The summed E-state index contributed by atoms with van der Waals surface area (Å²) < 4.78 is 0. The number of rotatable bonds is 1. The average Bonchev–Trinajstić information content (AvgIpc) is 1.94. The molecule has 1 aromatic heterocycles. The standard InChI is InChI=1S/C6H8N4/c1-8-2-5-3-9-4-10-6(5)7/h2-4H,1H3,(H2,7,9,10). The van der Waals surface area contributed by atoms with Crippen LogP contribution in [0, 0.1) is 0 Å². The molecule has 0 amide bonds. The van der Waals surface area contributed by atoms with Gasteiger partial charge >= 0.3 is 0 Å². The van der Waals surface area contributed by atoms with E-state index in [1.165, 1.54) is 6.33 Å². The van der Waals surface area contributed by atoms with Crippen LogP contribution >= 0.6 is 0 Å². The topological polar surface area (TPSA) is 64.2 Å². The van der Waals surface area contributed by atoms with Crippen molar-refractivity contribution < 1.29 is 0 Å². The lowest BCUT2D eigenvalue weighted by atomic mass is 10.3. The van der Waals surface area contributed by atoms with E-state index in [1.54, 1.807) is 19.5 Å². The molecule has 0 atom stereocenters. The lowest BCUT2D eigenvalue weighted by molar-refractivity contribution is 1.17. The van der Waals surface area contributed by atoms with Gasteiger partial charge in [0.1, 0.15) is 12.1 Å². The summed E-state index contributed by atoms with van der Waals surface area (Å²) in [5.74, 6) is 0.459. The Bertz CT molecular complexity index is 243. The Morgan fingerprint density at radius 3 is 3.10 bits per heavy atom. The van der Waals surface area contributed by atoms with Gasteiger partial charge in [-0.2, -0.15) is 0 Å². The van der Waals surface area contributed by atoms with Gasteiger partial charge in [-0.3, -0.25) is 4.99 Å². The van der Waals surface area contributed by atoms with Gasteiger partial charge in [0.05, 0.1) is 5.56 Å². The number of nitrogen functional groups attached to an aromatic ring is 1. The second-order valence-corrected chi connectivity index (χ2v) is 1.75. The average molecular weight is 136 g/mol. The maximum absolute atomic E-state index is 5.46. The van der Waals surface area contributed by atoms with Crippen LogP contribution in [-0.2, 0) is 0 Å². The van der Waals surface area contributed by atoms with Crippen molar-refractivity contribution in [1.82, 2.24) is 9.97 Å². The predicted octanol–water partition coefficient (Wildman–Crippen LogP) is 0.108. The van der Waals surface area contributed by atoms with Crippen LogP contribution in [0.1, 0.15) is 5.56 Å². The lowest BCUT2D eigenvalue weighted by Crippen LogP contribution is -1.96. The Balaban J connectivity index is 3.03. The van der Waals surface area contributed by atoms with E-state index in [-0.39, 0.29) is 0 Å². The van der Waals surface area contributed by atoms with Crippen molar-refractivity contribution in [1.29, 1.82) is 0 Å². The first-order valence-electron chi connectivity index (χ1n) is 2.82. The first-order chi connectivity index (χ1) is 4.84. The van der Waals surface area contributed by atoms with Gasteiger partial charge < -0.3 is 5.73 Å². The summed E-state index contributed by atoms with van der Waals surface area (Å²) in [6.07, 6.45) is 4.65. The van der Waals surface area contributed by atoms with Crippen LogP contribution in [0.3, 0.4) is 0 Å². The Labute approximate surface area is 58.8 Å². The van der Waals surface area contributed by atoms with Crippen molar-refractivity contribution in [3.05, 3.63) is 18.1 Å². The van der Waals surface area contributed by atoms with Crippen molar-refractivity contribution in [2.24, 2.45) is 4.99 Å². The van der Waals surface area contributed by atoms with Crippen LogP contribution in [-0.4, -0.2) is 23.2 Å². The zero-order valence-corrected chi connectivity index (χ0v) is 5.65. The van der Waals surface area contributed by atoms with Crippen molar-refractivity contribution in [2.45, 2.75) is 0 Å². The fourth-order valence-corrected chi connectivity index (χ4v) is 0.588. The lowest BCUT2D eigenvalue weighted by Gasteiger charge is -1.93. The van der Waals surface area contributed by atoms with E-state index >= 15 is 0 Å². The molecule has 1 heterocycles. The Morgan fingerprint density at radius 1 is 1.70 bits per heavy atom. The predicted molar refractivity (Wildman–Crippen MR) is 40.0 cm³/mol. The number of aromatic nitrogens is 2. The third-order valence-electron chi connectivity index (χ3n) is 1.04. The molecular weight excluding hydrogens is 128 g/mol. The molecule has 52 valence electrons. The van der Waals surface area contributed by atoms with Gasteiger partial charge in [0.15, 0.2) is 0 Å². The van der Waals surface area contributed by atoms with Crippen molar-refractivity contribution >= 4 is 12.0 Å². The third kappa shape index (κ3) is 1.28. The molecule has 0 fully saturated rings. The second-order valence-electron chi connectivity index (χ2n) is 1.75. The van der Waals surface area contributed by atoms with Crippen molar-refractivity contribution in [2.75, 3.05) is 12.8 Å². The van der Waals surface area contributed by atoms with Crippen LogP contribution in [0.15, 0.2) is 17.5 Å². The molecule has 4 nitrogen and oxygen atoms in total. The Morgan fingerprint density at radius 2 is 2.50 bits per heavy atom. The Hall–Kier alpha value is -1.45. The number of nitrogens with two attached hydrogens (primary N) is 1. The van der Waals surface area contributed by atoms with Crippen LogP contribution in [0.2, 0.25) is 0 Å². The SMILES string of the molecule is CN=Cc1cncnc1N. The summed E-state index contributed by atoms with van der Waals surface area (Å²) in [4.78, 5) is 11.3. The number of anilines is 1. The molecule has 0 aromatic carbocycles. The van der Waals surface area contributed by atoms with E-state index in [9.17, 15) is 0 Å². The van der Waals surface area contributed by atoms with E-state index in [4.69, 9.17) is 5.73 Å². The summed E-state index contributed by atoms with van der Waals surface area (Å²) in [5.41, 5.74) is 6.22. The monoisotopic (exact) mass is 136 g/mol. The summed E-state index contributed by atoms with van der Waals surface area (Å²) in [6.45, 7) is 0. The molecule has 0 unspecified atom stereocenters. The second kappa shape index (κ2) is 2.91. The zero-order chi connectivity index (χ0) is 7.40. The largest absolute Gasteiger partial charge is 0.383 e. The molecule has 0 aliphatic rings. The minimum atomic E-state index is 0.459. The van der Waals surface area contributed by atoms with Gasteiger partial charge in [0, 0.05) is 19.5 Å². The number of nitrogens with zero attached hydrogens (tertiary/aromatic N) is 3. The summed E-state index contributed by atoms with van der Waals surface area (Å²) in [6, 6.07) is 0. The maximum Gasteiger partial charge on any atom is 0.135 e. The van der Waals surface area contributed by atoms with Gasteiger partial charge in [-0.25, -0.2) is 9.97 Å². The van der Waals surface area contributed by atoms with E-state index < -0.39 is 0 Å². The molecule has 0 bridgehead atoms. The van der Waals surface area contributed by atoms with Gasteiger partial charge in [-0.05, 0) is 0 Å². The summed E-state index contributed by atoms with van der Waals surface area (Å²) in [5, 5.41) is 0. The number of aliphatic imine (C=N–C) groups is 1. The molecular formula is C6H8N4. The summed E-state index contributed by atoms with van der Waals surface area (Å²) >= 11 is 0. The minimum absolute atomic E-state index is 0.459. The molecule has 2 N–H and O–H groups in total. The Kier molecular flexibility index (Phi) is 1.94. The van der Waals surface area contributed by atoms with Crippen LogP contribution in [0.25, 0.3) is 0 Å². The maximum atomic E-state index is 5.46. The number of hydrogen-bond acceptors (Lipinski definition) is 4. The van der Waals surface area contributed by atoms with Crippen LogP contribution < -0.4 is 5.73 Å². The highest BCUT2D eigenvalue weighted by atomic mass is 14.9. The fourth-order valence-electron chi connectivity index (χ4n) is 0.588. The van der Waals surface area contributed by atoms with Gasteiger partial charge in [0.2, 0.25) is 0 Å². The number of hydrogen-bond donors (Lipinski definition) is 1. The van der Waals surface area contributed by atoms with Crippen molar-refractivity contribution in [3.8, 4) is 0 Å². The van der Waals surface area contributed by atoms with Crippen molar-refractivity contribution in [3.63, 3.8) is 0 Å². The zero-order valence-electron chi connectivity index (χ0n) is 5.65. The smallest absolute Gasteiger partial charge is 0.135 e. The molecule has 0 radical (unpaired) electrons. The first kappa shape index (κ1) is 6.67. The minimum Gasteiger partial charge on any atom is -0.383 e. The van der Waals surface area contributed by atoms with Gasteiger partial charge in [0.25, 0.3) is 0 Å². The quantitative estimate of drug-likeness (QED) is 0.557. The molecule has 0 spiro atoms. The molecule has 4 heteroatoms. The first-order valence-corrected chi connectivity index (χ1v) is 2.82. The summed E-state index contributed by atoms with van der Waals surface area (Å²) in [7, 11) is 1.67. The fraction of sp³-hybridized carbons (Fsp3) is 0.167. The molecule has 0 saturated heterocycles. The molecule has 10 heavy (non-hydrogen) atoms. The van der Waals surface area contributed by atoms with Gasteiger partial charge in [-0.15, -0.1) is 0 Å². The highest BCUT2D eigenvalue weighted by molar-refractivity contribution is 5.84. The van der Waals surface area contributed by atoms with Crippen LogP contribution in [0.5, 0.6) is 0 Å². The molecule has 0 aliphatic carbocycles. The molecule has 0 saturated carbocycles. The van der Waals surface area contributed by atoms with E-state index in [2.05, 4.69) is 15.0 Å². The van der Waals surface area contributed by atoms with E-state index in [1.807, 2.05) is 0 Å². The highest BCUT2D eigenvalue weighted by Crippen LogP contribution is 1.99. The molecule has 1 aromatic rings. The molecule has 1 rings (SSSR count). The normalized spacial score (nSPS) is 10.5. The van der Waals surface area contributed by atoms with Gasteiger partial charge in [-0.1, -0.05) is 0 Å².